The molecule has 1 rings (SSSR count). The third-order valence-corrected chi connectivity index (χ3v) is 4.00. The van der Waals surface area contributed by atoms with E-state index in [-0.39, 0.29) is 22.6 Å². The molecule has 0 aliphatic rings. The van der Waals surface area contributed by atoms with Crippen molar-refractivity contribution in [2.45, 2.75) is 46.5 Å². The van der Waals surface area contributed by atoms with Gasteiger partial charge in [0.15, 0.2) is 5.78 Å². The van der Waals surface area contributed by atoms with Crippen LogP contribution in [0, 0.1) is 0 Å². The van der Waals surface area contributed by atoms with Crippen molar-refractivity contribution < 1.29 is 24.5 Å². The summed E-state index contributed by atoms with van der Waals surface area (Å²) >= 11 is 0. The average Bonchev–Trinajstić information content (AvgIpc) is 2.61. The topological polar surface area (TPSA) is 83.8 Å². The van der Waals surface area contributed by atoms with Gasteiger partial charge in [-0.3, -0.25) is 4.79 Å². The molecule has 0 amide bonds. The summed E-state index contributed by atoms with van der Waals surface area (Å²) in [5.74, 6) is -1.54. The molecule has 146 valence electrons. The molecule has 0 unspecified atom stereocenters. The maximum Gasteiger partial charge on any atom is 0.333 e. The molecule has 0 fully saturated rings. The van der Waals surface area contributed by atoms with E-state index < -0.39 is 11.8 Å². The lowest BCUT2D eigenvalue weighted by atomic mass is 10.0. The summed E-state index contributed by atoms with van der Waals surface area (Å²) in [6, 6.07) is 3.67. The molecule has 0 spiro atoms. The van der Waals surface area contributed by atoms with Gasteiger partial charge in [-0.05, 0) is 70.7 Å². The quantitative estimate of drug-likeness (QED) is 0.213. The Kier molecular flexibility index (Phi) is 9.06. The van der Waals surface area contributed by atoms with Gasteiger partial charge in [0.2, 0.25) is 0 Å². The molecular weight excluding hydrogens is 344 g/mol. The molecule has 5 heteroatoms. The minimum atomic E-state index is -0.585. The van der Waals surface area contributed by atoms with Crippen LogP contribution >= 0.6 is 0 Å². The molecule has 0 heterocycles. The molecule has 0 bridgehead atoms. The van der Waals surface area contributed by atoms with Gasteiger partial charge in [-0.15, -0.1) is 0 Å². The second-order valence-electron chi connectivity index (χ2n) is 6.64. The molecule has 1 aromatic carbocycles. The first kappa shape index (κ1) is 22.2. The van der Waals surface area contributed by atoms with Gasteiger partial charge in [0.25, 0.3) is 0 Å². The Balaban J connectivity index is 2.85. The minimum absolute atomic E-state index is 0.0650. The Morgan fingerprint density at radius 3 is 2.33 bits per heavy atom. The number of ketones is 1. The lowest BCUT2D eigenvalue weighted by Crippen LogP contribution is -2.08. The Hall–Kier alpha value is -2.82. The van der Waals surface area contributed by atoms with E-state index >= 15 is 0 Å². The van der Waals surface area contributed by atoms with Crippen molar-refractivity contribution in [3.8, 4) is 11.5 Å². The zero-order chi connectivity index (χ0) is 20.4. The molecule has 27 heavy (non-hydrogen) atoms. The smallest absolute Gasteiger partial charge is 0.333 e. The van der Waals surface area contributed by atoms with Gasteiger partial charge in [-0.1, -0.05) is 23.3 Å². The number of rotatable bonds is 9. The highest BCUT2D eigenvalue weighted by Crippen LogP contribution is 2.24. The minimum Gasteiger partial charge on any atom is -0.508 e. The van der Waals surface area contributed by atoms with Gasteiger partial charge in [-0.2, -0.15) is 0 Å². The van der Waals surface area contributed by atoms with Gasteiger partial charge in [-0.25, -0.2) is 4.79 Å². The number of hydrogen-bond acceptors (Lipinski definition) is 5. The third-order valence-electron chi connectivity index (χ3n) is 4.00. The first-order chi connectivity index (χ1) is 12.7. The highest BCUT2D eigenvalue weighted by atomic mass is 16.5. The number of phenols is 2. The Labute approximate surface area is 160 Å². The summed E-state index contributed by atoms with van der Waals surface area (Å²) in [4.78, 5) is 24.3. The first-order valence-corrected chi connectivity index (χ1v) is 8.88. The molecule has 1 aromatic rings. The fourth-order valence-electron chi connectivity index (χ4n) is 2.49. The summed E-state index contributed by atoms with van der Waals surface area (Å²) in [6.07, 6.45) is 8.24. The van der Waals surface area contributed by atoms with Crippen LogP contribution in [0.3, 0.4) is 0 Å². The van der Waals surface area contributed by atoms with Crippen LogP contribution in [0.2, 0.25) is 0 Å². The van der Waals surface area contributed by atoms with Crippen LogP contribution in [0.1, 0.15) is 56.8 Å². The first-order valence-electron chi connectivity index (χ1n) is 8.88. The average molecular weight is 372 g/mol. The van der Waals surface area contributed by atoms with E-state index in [0.29, 0.717) is 12.8 Å². The molecule has 0 saturated heterocycles. The van der Waals surface area contributed by atoms with E-state index in [9.17, 15) is 19.8 Å². The van der Waals surface area contributed by atoms with Crippen LogP contribution < -0.4 is 0 Å². The summed E-state index contributed by atoms with van der Waals surface area (Å²) in [7, 11) is 1.26. The van der Waals surface area contributed by atoms with E-state index in [1.807, 2.05) is 13.0 Å². The molecule has 0 aliphatic heterocycles. The van der Waals surface area contributed by atoms with Crippen LogP contribution in [0.4, 0.5) is 0 Å². The van der Waals surface area contributed by atoms with Crippen molar-refractivity contribution in [3.05, 3.63) is 58.7 Å². The van der Waals surface area contributed by atoms with Gasteiger partial charge >= 0.3 is 5.97 Å². The SMILES string of the molecule is COC(=O)C(=CC(=O)c1cc(O)ccc1O)CCC=C(C)CCC=C(C)C. The molecule has 0 saturated carbocycles. The third kappa shape index (κ3) is 7.94. The summed E-state index contributed by atoms with van der Waals surface area (Å²) in [6.45, 7) is 6.16. The van der Waals surface area contributed by atoms with E-state index in [0.717, 1.165) is 25.0 Å². The maximum absolute atomic E-state index is 12.4. The molecule has 0 aromatic heterocycles. The molecule has 0 atom stereocenters. The number of carbonyl (C=O) groups is 2. The van der Waals surface area contributed by atoms with E-state index in [2.05, 4.69) is 19.9 Å². The highest BCUT2D eigenvalue weighted by Gasteiger charge is 2.15. The lowest BCUT2D eigenvalue weighted by molar-refractivity contribution is -0.136. The summed E-state index contributed by atoms with van der Waals surface area (Å²) in [5.41, 5.74) is 2.66. The van der Waals surface area contributed by atoms with Crippen molar-refractivity contribution in [2.75, 3.05) is 7.11 Å². The van der Waals surface area contributed by atoms with Crippen LogP contribution in [0.15, 0.2) is 53.1 Å². The van der Waals surface area contributed by atoms with Crippen molar-refractivity contribution in [2.24, 2.45) is 0 Å². The largest absolute Gasteiger partial charge is 0.508 e. The Bertz CT molecular complexity index is 765. The number of benzene rings is 1. The predicted octanol–water partition coefficient (Wildman–Crippen LogP) is 4.85. The number of hydrogen-bond donors (Lipinski definition) is 2. The second-order valence-corrected chi connectivity index (χ2v) is 6.64. The van der Waals surface area contributed by atoms with Crippen molar-refractivity contribution in [3.63, 3.8) is 0 Å². The molecule has 2 N–H and O–H groups in total. The lowest BCUT2D eigenvalue weighted by Gasteiger charge is -2.06. The number of phenolic OH excluding ortho intramolecular Hbond substituents is 2. The monoisotopic (exact) mass is 372 g/mol. The van der Waals surface area contributed by atoms with Gasteiger partial charge in [0, 0.05) is 5.57 Å². The van der Waals surface area contributed by atoms with Gasteiger partial charge in [0.05, 0.1) is 12.7 Å². The van der Waals surface area contributed by atoms with E-state index in [1.165, 1.54) is 30.4 Å². The predicted molar refractivity (Wildman–Crippen MR) is 106 cm³/mol. The number of esters is 1. The van der Waals surface area contributed by atoms with Crippen LogP contribution in [0.5, 0.6) is 11.5 Å². The molecule has 0 aliphatic carbocycles. The van der Waals surface area contributed by atoms with Gasteiger partial charge in [0.1, 0.15) is 11.5 Å². The summed E-state index contributed by atoms with van der Waals surface area (Å²) < 4.78 is 4.75. The summed E-state index contributed by atoms with van der Waals surface area (Å²) in [5, 5.41) is 19.3. The highest BCUT2D eigenvalue weighted by molar-refractivity contribution is 6.10. The van der Waals surface area contributed by atoms with Crippen molar-refractivity contribution >= 4 is 11.8 Å². The van der Waals surface area contributed by atoms with E-state index in [1.54, 1.807) is 0 Å². The number of allylic oxidation sites excluding steroid dienone is 5. The fraction of sp³-hybridized carbons (Fsp3) is 0.364. The number of aromatic hydroxyl groups is 2. The van der Waals surface area contributed by atoms with Gasteiger partial charge < -0.3 is 14.9 Å². The number of methoxy groups -OCH3 is 1. The molecule has 5 nitrogen and oxygen atoms in total. The normalized spacial score (nSPS) is 11.9. The van der Waals surface area contributed by atoms with Crippen molar-refractivity contribution in [1.29, 1.82) is 0 Å². The Morgan fingerprint density at radius 2 is 1.70 bits per heavy atom. The standard InChI is InChI=1S/C22H28O5/c1-15(2)7-5-8-16(3)9-6-10-17(22(26)27-4)13-21(25)19-14-18(23)11-12-20(19)24/h7,9,11-14,23-24H,5-6,8,10H2,1-4H3. The second kappa shape index (κ2) is 11.0. The molecular formula is C22H28O5. The zero-order valence-corrected chi connectivity index (χ0v) is 16.4. The maximum atomic E-state index is 12.4. The Morgan fingerprint density at radius 1 is 1.04 bits per heavy atom. The fourth-order valence-corrected chi connectivity index (χ4v) is 2.49. The van der Waals surface area contributed by atoms with E-state index in [4.69, 9.17) is 4.74 Å². The van der Waals surface area contributed by atoms with Crippen LogP contribution in [-0.4, -0.2) is 29.1 Å². The van der Waals surface area contributed by atoms with Crippen LogP contribution in [0.25, 0.3) is 0 Å². The number of ether oxygens (including phenoxy) is 1. The van der Waals surface area contributed by atoms with Crippen molar-refractivity contribution in [1.82, 2.24) is 0 Å². The number of carbonyl (C=O) groups excluding carboxylic acids is 2. The zero-order valence-electron chi connectivity index (χ0n) is 16.4. The van der Waals surface area contributed by atoms with Crippen LogP contribution in [-0.2, 0) is 9.53 Å². The molecule has 0 radical (unpaired) electrons.